The van der Waals surface area contributed by atoms with Gasteiger partial charge in [0.1, 0.15) is 24.2 Å². The minimum Gasteiger partial charge on any atom is -0.471 e. The fourth-order valence-electron chi connectivity index (χ4n) is 6.10. The number of rotatable bonds is 33. The van der Waals surface area contributed by atoms with Crippen molar-refractivity contribution in [2.75, 3.05) is 26.4 Å². The molecule has 0 saturated heterocycles. The van der Waals surface area contributed by atoms with Crippen LogP contribution in [0.4, 0.5) is 4.79 Å². The molecule has 0 aliphatic carbocycles. The van der Waals surface area contributed by atoms with Crippen molar-refractivity contribution in [2.45, 2.75) is 160 Å². The van der Waals surface area contributed by atoms with Crippen molar-refractivity contribution in [3.63, 3.8) is 0 Å². The van der Waals surface area contributed by atoms with Crippen LogP contribution in [0.2, 0.25) is 0 Å². The molecule has 2 heterocycles. The smallest absolute Gasteiger partial charge is 0.404 e. The van der Waals surface area contributed by atoms with Gasteiger partial charge in [-0.3, -0.25) is 4.18 Å². The van der Waals surface area contributed by atoms with Crippen molar-refractivity contribution >= 4 is 16.2 Å². The topological polar surface area (TPSA) is 175 Å². The molecule has 1 amide bonds. The van der Waals surface area contributed by atoms with Crippen LogP contribution in [-0.4, -0.2) is 63.5 Å². The molecule has 0 fully saturated rings. The van der Waals surface area contributed by atoms with Gasteiger partial charge < -0.3 is 33.7 Å². The van der Waals surface area contributed by atoms with Gasteiger partial charge >= 0.3 is 6.09 Å². The maximum Gasteiger partial charge on any atom is 0.404 e. The first kappa shape index (κ1) is 45.8. The molecular formula is C41H65N3O10S. The molecule has 0 aliphatic heterocycles. The van der Waals surface area contributed by atoms with Gasteiger partial charge in [0.15, 0.2) is 6.10 Å². The molecule has 14 heteroatoms. The van der Waals surface area contributed by atoms with E-state index in [1.54, 1.807) is 25.1 Å². The first-order valence-electron chi connectivity index (χ1n) is 20.3. The van der Waals surface area contributed by atoms with Crippen molar-refractivity contribution in [2.24, 2.45) is 5.73 Å². The normalized spacial score (nSPS) is 12.8. The van der Waals surface area contributed by atoms with Crippen molar-refractivity contribution in [1.29, 1.82) is 0 Å². The number of carbonyl (C=O) groups is 1. The Bertz CT molecular complexity index is 1540. The number of unbranched alkanes of at least 4 members (excludes halogenated alkanes) is 15. The molecule has 13 nitrogen and oxygen atoms in total. The zero-order valence-electron chi connectivity index (χ0n) is 33.3. The summed E-state index contributed by atoms with van der Waals surface area (Å²) >= 11 is 0. The summed E-state index contributed by atoms with van der Waals surface area (Å²) in [5.74, 6) is 2.03. The van der Waals surface area contributed by atoms with Crippen LogP contribution in [0.15, 0.2) is 50.3 Å². The number of aromatic nitrogens is 2. The standard InChI is InChI=1S/C41H65N3O10S/c1-4-5-6-7-8-9-10-11-12-13-14-15-18-21-35-29-39(43-54-35)49-32-37(51-40-28-34(3)53-44-40)31-48-30-36(52-41(42)45)22-19-16-17-20-27-50-55(46,47)38-25-23-33(2)24-26-38/h23-26,28-29,36-37H,4-22,27,30-32H2,1-3H3,(H2,42,45). The van der Waals surface area contributed by atoms with E-state index in [1.165, 1.54) is 82.8 Å². The van der Waals surface area contributed by atoms with Crippen molar-refractivity contribution in [3.05, 3.63) is 53.5 Å². The van der Waals surface area contributed by atoms with Crippen LogP contribution in [0.1, 0.15) is 140 Å². The van der Waals surface area contributed by atoms with Crippen LogP contribution in [0, 0.1) is 13.8 Å². The molecule has 2 atom stereocenters. The number of benzene rings is 1. The lowest BCUT2D eigenvalue weighted by Crippen LogP contribution is -2.33. The third-order valence-electron chi connectivity index (χ3n) is 9.23. The third kappa shape index (κ3) is 20.8. The Morgan fingerprint density at radius 3 is 1.96 bits per heavy atom. The van der Waals surface area contributed by atoms with Crippen molar-refractivity contribution in [1.82, 2.24) is 10.3 Å². The second-order valence-corrected chi connectivity index (χ2v) is 16.0. The predicted molar refractivity (Wildman–Crippen MR) is 210 cm³/mol. The molecule has 0 aliphatic rings. The van der Waals surface area contributed by atoms with E-state index < -0.39 is 28.4 Å². The highest BCUT2D eigenvalue weighted by atomic mass is 32.2. The van der Waals surface area contributed by atoms with E-state index in [4.69, 9.17) is 37.9 Å². The minimum atomic E-state index is -3.79. The molecule has 0 bridgehead atoms. The molecule has 2 aromatic heterocycles. The van der Waals surface area contributed by atoms with E-state index in [0.29, 0.717) is 36.8 Å². The Balaban J connectivity index is 1.33. The number of hydrogen-bond acceptors (Lipinski definition) is 12. The summed E-state index contributed by atoms with van der Waals surface area (Å²) in [6.45, 7) is 6.29. The zero-order valence-corrected chi connectivity index (χ0v) is 34.2. The quantitative estimate of drug-likeness (QED) is 0.0457. The largest absolute Gasteiger partial charge is 0.471 e. The number of carbonyl (C=O) groups excluding carboxylic acids is 1. The van der Waals surface area contributed by atoms with Crippen molar-refractivity contribution < 1.29 is 45.4 Å². The average molecular weight is 792 g/mol. The van der Waals surface area contributed by atoms with Gasteiger partial charge in [0.05, 0.1) is 24.7 Å². The number of aryl methyl sites for hydroxylation is 3. The summed E-state index contributed by atoms with van der Waals surface area (Å²) in [6, 6.07) is 10.0. The second-order valence-electron chi connectivity index (χ2n) is 14.3. The summed E-state index contributed by atoms with van der Waals surface area (Å²) in [5, 5.41) is 7.99. The highest BCUT2D eigenvalue weighted by molar-refractivity contribution is 7.86. The summed E-state index contributed by atoms with van der Waals surface area (Å²) in [4.78, 5) is 11.7. The lowest BCUT2D eigenvalue weighted by molar-refractivity contribution is -0.0212. The number of nitrogens with zero attached hydrogens (tertiary/aromatic N) is 2. The minimum absolute atomic E-state index is 0.0875. The fourth-order valence-corrected chi connectivity index (χ4v) is 7.04. The van der Waals surface area contributed by atoms with Crippen LogP contribution >= 0.6 is 0 Å². The van der Waals surface area contributed by atoms with Gasteiger partial charge in [-0.05, 0) is 62.0 Å². The van der Waals surface area contributed by atoms with Gasteiger partial charge in [-0.2, -0.15) is 8.42 Å². The van der Waals surface area contributed by atoms with E-state index in [9.17, 15) is 13.2 Å². The summed E-state index contributed by atoms with van der Waals surface area (Å²) in [5.41, 5.74) is 6.30. The van der Waals surface area contributed by atoms with Crippen LogP contribution in [0.3, 0.4) is 0 Å². The van der Waals surface area contributed by atoms with E-state index in [-0.39, 0.29) is 31.3 Å². The van der Waals surface area contributed by atoms with Crippen LogP contribution in [0.25, 0.3) is 0 Å². The molecule has 1 aromatic carbocycles. The zero-order chi connectivity index (χ0) is 39.6. The maximum absolute atomic E-state index is 12.4. The Labute approximate surface area is 328 Å². The van der Waals surface area contributed by atoms with Crippen molar-refractivity contribution in [3.8, 4) is 11.8 Å². The average Bonchev–Trinajstić information content (AvgIpc) is 3.79. The Hall–Kier alpha value is -3.62. The van der Waals surface area contributed by atoms with Gasteiger partial charge in [0.2, 0.25) is 0 Å². The molecule has 0 saturated carbocycles. The van der Waals surface area contributed by atoms with Crippen LogP contribution in [-0.2, 0) is 30.2 Å². The number of ether oxygens (including phenoxy) is 4. The van der Waals surface area contributed by atoms with E-state index in [0.717, 1.165) is 43.4 Å². The summed E-state index contributed by atoms with van der Waals surface area (Å²) in [7, 11) is -3.79. The Morgan fingerprint density at radius 1 is 0.727 bits per heavy atom. The van der Waals surface area contributed by atoms with Gasteiger partial charge in [0.25, 0.3) is 21.9 Å². The molecule has 0 spiro atoms. The molecule has 0 radical (unpaired) electrons. The Kier molecular flexibility index (Phi) is 22.5. The second kappa shape index (κ2) is 27.1. The third-order valence-corrected chi connectivity index (χ3v) is 10.6. The predicted octanol–water partition coefficient (Wildman–Crippen LogP) is 9.58. The van der Waals surface area contributed by atoms with Gasteiger partial charge in [0, 0.05) is 18.6 Å². The molecule has 55 heavy (non-hydrogen) atoms. The number of amides is 1. The highest BCUT2D eigenvalue weighted by Crippen LogP contribution is 2.19. The first-order valence-corrected chi connectivity index (χ1v) is 21.7. The monoisotopic (exact) mass is 791 g/mol. The fraction of sp³-hybridized carbons (Fsp3) is 0.683. The van der Waals surface area contributed by atoms with E-state index in [1.807, 2.05) is 13.0 Å². The lowest BCUT2D eigenvalue weighted by Gasteiger charge is -2.20. The van der Waals surface area contributed by atoms with Gasteiger partial charge in [-0.1, -0.05) is 115 Å². The maximum atomic E-state index is 12.4. The molecule has 2 N–H and O–H groups in total. The molecular weight excluding hydrogens is 727 g/mol. The number of hydrogen-bond donors (Lipinski definition) is 1. The van der Waals surface area contributed by atoms with Gasteiger partial charge in [-0.25, -0.2) is 4.79 Å². The summed E-state index contributed by atoms with van der Waals surface area (Å²) in [6.07, 6.45) is 19.0. The van der Waals surface area contributed by atoms with E-state index in [2.05, 4.69) is 17.2 Å². The highest BCUT2D eigenvalue weighted by Gasteiger charge is 2.20. The van der Waals surface area contributed by atoms with E-state index >= 15 is 0 Å². The molecule has 3 aromatic rings. The van der Waals surface area contributed by atoms with Crippen LogP contribution in [0.5, 0.6) is 11.8 Å². The summed E-state index contributed by atoms with van der Waals surface area (Å²) < 4.78 is 63.7. The van der Waals surface area contributed by atoms with Gasteiger partial charge in [-0.15, -0.1) is 0 Å². The lowest BCUT2D eigenvalue weighted by atomic mass is 10.0. The SMILES string of the molecule is CCCCCCCCCCCCCCCc1cc(OCC(COCC(CCCCCCOS(=O)(=O)c2ccc(C)cc2)OC(N)=O)Oc2cc(C)on2)no1. The number of nitrogens with two attached hydrogens (primary N) is 1. The number of primary amides is 1. The molecule has 2 unspecified atom stereocenters. The Morgan fingerprint density at radius 2 is 1.33 bits per heavy atom. The first-order chi connectivity index (χ1) is 26.6. The molecule has 310 valence electrons. The molecule has 3 rings (SSSR count). The van der Waals surface area contributed by atoms with Crippen LogP contribution < -0.4 is 15.2 Å².